The van der Waals surface area contributed by atoms with Gasteiger partial charge in [-0.1, -0.05) is 53.5 Å². The van der Waals surface area contributed by atoms with Crippen molar-refractivity contribution in [2.24, 2.45) is 0 Å². The Morgan fingerprint density at radius 2 is 1.73 bits per heavy atom. The summed E-state index contributed by atoms with van der Waals surface area (Å²) in [6, 6.07) is 30.1. The van der Waals surface area contributed by atoms with Crippen molar-refractivity contribution in [3.05, 3.63) is 136 Å². The summed E-state index contributed by atoms with van der Waals surface area (Å²) in [5.74, 6) is 0.388. The van der Waals surface area contributed by atoms with Crippen LogP contribution < -0.4 is 20.3 Å². The zero-order chi connectivity index (χ0) is 30.8. The average Bonchev–Trinajstić information content (AvgIpc) is 3.53. The van der Waals surface area contributed by atoms with Gasteiger partial charge < -0.3 is 24.8 Å². The molecule has 3 heterocycles. The minimum Gasteiger partial charge on any atom is -0.484 e. The maximum Gasteiger partial charge on any atom is 0.262 e. The smallest absolute Gasteiger partial charge is 0.262 e. The Morgan fingerprint density at radius 3 is 2.45 bits per heavy atom. The van der Waals surface area contributed by atoms with Crippen LogP contribution in [-0.4, -0.2) is 27.2 Å². The number of nitrogens with one attached hydrogen (secondary N) is 2. The second-order valence-electron chi connectivity index (χ2n) is 10.4. The van der Waals surface area contributed by atoms with Crippen LogP contribution >= 0.6 is 35.4 Å². The number of amides is 1. The Balaban J connectivity index is 1.32. The van der Waals surface area contributed by atoms with Gasteiger partial charge in [0.15, 0.2) is 11.7 Å². The molecular formula is C34H29Cl2N5O2S. The minimum atomic E-state index is -0.250. The molecule has 44 heavy (non-hydrogen) atoms. The molecule has 5 aromatic rings. The van der Waals surface area contributed by atoms with E-state index < -0.39 is 0 Å². The Hall–Kier alpha value is -4.37. The number of thiocarbonyl (C=S) groups is 1. The number of carbonyl (C=O) groups excluding carboxylic acids is 1. The van der Waals surface area contributed by atoms with Gasteiger partial charge in [-0.15, -0.1) is 0 Å². The molecule has 0 unspecified atom stereocenters. The monoisotopic (exact) mass is 641 g/mol. The van der Waals surface area contributed by atoms with E-state index in [4.69, 9.17) is 40.2 Å². The number of aromatic nitrogens is 2. The van der Waals surface area contributed by atoms with E-state index in [-0.39, 0.29) is 24.6 Å². The maximum atomic E-state index is 12.5. The van der Waals surface area contributed by atoms with E-state index in [0.717, 1.165) is 34.0 Å². The highest BCUT2D eigenvalue weighted by atomic mass is 35.5. The highest BCUT2D eigenvalue weighted by Crippen LogP contribution is 2.44. The summed E-state index contributed by atoms with van der Waals surface area (Å²) in [5.41, 5.74) is 6.29. The first kappa shape index (κ1) is 29.7. The van der Waals surface area contributed by atoms with Crippen molar-refractivity contribution >= 4 is 57.8 Å². The number of anilines is 2. The van der Waals surface area contributed by atoms with E-state index in [9.17, 15) is 4.79 Å². The fourth-order valence-electron chi connectivity index (χ4n) is 5.64. The third-order valence-corrected chi connectivity index (χ3v) is 8.72. The van der Waals surface area contributed by atoms with Gasteiger partial charge in [0.25, 0.3) is 5.91 Å². The lowest BCUT2D eigenvalue weighted by molar-refractivity contribution is -0.118. The number of ether oxygens (including phenoxy) is 1. The van der Waals surface area contributed by atoms with Crippen LogP contribution in [0.4, 0.5) is 11.4 Å². The predicted molar refractivity (Wildman–Crippen MR) is 180 cm³/mol. The van der Waals surface area contributed by atoms with Crippen LogP contribution in [0.3, 0.4) is 0 Å². The van der Waals surface area contributed by atoms with Crippen molar-refractivity contribution in [3.63, 3.8) is 0 Å². The van der Waals surface area contributed by atoms with Crippen molar-refractivity contribution < 1.29 is 9.53 Å². The number of benzene rings is 3. The molecule has 0 saturated carbocycles. The van der Waals surface area contributed by atoms with Crippen LogP contribution in [0.1, 0.15) is 34.7 Å². The number of rotatable bonds is 8. The summed E-state index contributed by atoms with van der Waals surface area (Å²) >= 11 is 19.0. The van der Waals surface area contributed by atoms with Crippen molar-refractivity contribution in [1.82, 2.24) is 14.9 Å². The van der Waals surface area contributed by atoms with Gasteiger partial charge in [-0.25, -0.2) is 0 Å². The van der Waals surface area contributed by atoms with E-state index in [1.165, 1.54) is 0 Å². The third kappa shape index (κ3) is 5.88. The zero-order valence-corrected chi connectivity index (χ0v) is 26.3. The summed E-state index contributed by atoms with van der Waals surface area (Å²) < 4.78 is 7.70. The molecule has 3 aromatic carbocycles. The molecule has 222 valence electrons. The largest absolute Gasteiger partial charge is 0.484 e. The van der Waals surface area contributed by atoms with Gasteiger partial charge in [-0.2, -0.15) is 0 Å². The molecule has 2 N–H and O–H groups in total. The Labute approximate surface area is 271 Å². The molecule has 2 atom stereocenters. The van der Waals surface area contributed by atoms with Crippen molar-refractivity contribution in [2.45, 2.75) is 25.9 Å². The third-order valence-electron chi connectivity index (χ3n) is 7.60. The van der Waals surface area contributed by atoms with Crippen LogP contribution in [0.25, 0.3) is 5.69 Å². The quantitative estimate of drug-likeness (QED) is 0.167. The molecule has 1 aliphatic rings. The summed E-state index contributed by atoms with van der Waals surface area (Å²) in [4.78, 5) is 19.3. The van der Waals surface area contributed by atoms with E-state index in [0.29, 0.717) is 26.6 Å². The Morgan fingerprint density at radius 1 is 0.977 bits per heavy atom. The first-order chi connectivity index (χ1) is 21.3. The van der Waals surface area contributed by atoms with Gasteiger partial charge >= 0.3 is 0 Å². The molecule has 0 spiro atoms. The molecule has 1 saturated heterocycles. The molecular weight excluding hydrogens is 613 g/mol. The molecule has 7 nitrogen and oxygen atoms in total. The first-order valence-electron chi connectivity index (χ1n) is 14.0. The lowest BCUT2D eigenvalue weighted by Gasteiger charge is -2.28. The number of nitrogens with zero attached hydrogens (tertiary/aromatic N) is 3. The summed E-state index contributed by atoms with van der Waals surface area (Å²) in [5, 5.41) is 7.97. The zero-order valence-electron chi connectivity index (χ0n) is 24.0. The van der Waals surface area contributed by atoms with E-state index >= 15 is 0 Å². The van der Waals surface area contributed by atoms with E-state index in [1.807, 2.05) is 91.9 Å². The van der Waals surface area contributed by atoms with Gasteiger partial charge in [-0.05, 0) is 98.4 Å². The number of halogens is 2. The van der Waals surface area contributed by atoms with Crippen LogP contribution in [0.15, 0.2) is 103 Å². The number of hydrogen-bond acceptors (Lipinski definition) is 4. The Bertz CT molecular complexity index is 1810. The van der Waals surface area contributed by atoms with Gasteiger partial charge in [0.05, 0.1) is 33.5 Å². The number of pyridine rings is 1. The second kappa shape index (κ2) is 12.7. The number of para-hydroxylation sites is 1. The minimum absolute atomic E-state index is 0.0913. The highest BCUT2D eigenvalue weighted by Gasteiger charge is 2.42. The summed E-state index contributed by atoms with van der Waals surface area (Å²) in [6.45, 7) is 4.03. The van der Waals surface area contributed by atoms with Gasteiger partial charge in [-0.3, -0.25) is 9.78 Å². The van der Waals surface area contributed by atoms with Crippen molar-refractivity contribution in [1.29, 1.82) is 0 Å². The average molecular weight is 643 g/mol. The number of hydrogen-bond donors (Lipinski definition) is 2. The van der Waals surface area contributed by atoms with Crippen LogP contribution in [0.5, 0.6) is 5.75 Å². The molecule has 10 heteroatoms. The van der Waals surface area contributed by atoms with E-state index in [1.54, 1.807) is 12.3 Å². The molecule has 0 bridgehead atoms. The standard InChI is InChI=1S/C34H29Cl2N5O2S/c1-21-19-26(22(2)40(21)29-13-8-11-27(35)31(29)36)33-32(28-12-6-7-18-37-28)39-34(44)41(33)24-16-14-23(15-17-24)38-30(42)20-43-25-9-4-3-5-10-25/h3-19,32-33H,20H2,1-2H3,(H,38,42)(H,39,44)/t32-,33-/m0/s1. The topological polar surface area (TPSA) is 71.4 Å². The van der Waals surface area contributed by atoms with E-state index in [2.05, 4.69) is 38.1 Å². The fraction of sp³-hybridized carbons (Fsp3) is 0.147. The van der Waals surface area contributed by atoms with Crippen LogP contribution in [0, 0.1) is 13.8 Å². The fourth-order valence-corrected chi connectivity index (χ4v) is 6.37. The second-order valence-corrected chi connectivity index (χ2v) is 11.6. The highest BCUT2D eigenvalue weighted by molar-refractivity contribution is 7.80. The molecule has 0 aliphatic carbocycles. The van der Waals surface area contributed by atoms with Gasteiger partial charge in [0.1, 0.15) is 5.75 Å². The van der Waals surface area contributed by atoms with Crippen molar-refractivity contribution in [3.8, 4) is 11.4 Å². The number of aryl methyl sites for hydroxylation is 1. The molecule has 1 aliphatic heterocycles. The molecule has 2 aromatic heterocycles. The lowest BCUT2D eigenvalue weighted by Crippen LogP contribution is -2.29. The van der Waals surface area contributed by atoms with Crippen LogP contribution in [0.2, 0.25) is 10.0 Å². The summed E-state index contributed by atoms with van der Waals surface area (Å²) in [6.07, 6.45) is 1.79. The van der Waals surface area contributed by atoms with Crippen LogP contribution in [-0.2, 0) is 4.79 Å². The Kier molecular flexibility index (Phi) is 8.57. The number of carbonyl (C=O) groups is 1. The first-order valence-corrected chi connectivity index (χ1v) is 15.2. The SMILES string of the molecule is Cc1cc([C@H]2[C@H](c3ccccn3)NC(=S)N2c2ccc(NC(=O)COc3ccccc3)cc2)c(C)n1-c1cccc(Cl)c1Cl. The van der Waals surface area contributed by atoms with Gasteiger partial charge in [0, 0.05) is 29.0 Å². The van der Waals surface area contributed by atoms with Crippen molar-refractivity contribution in [2.75, 3.05) is 16.8 Å². The maximum absolute atomic E-state index is 12.5. The lowest BCUT2D eigenvalue weighted by atomic mass is 9.96. The normalized spacial score (nSPS) is 16.1. The summed E-state index contributed by atoms with van der Waals surface area (Å²) in [7, 11) is 0. The van der Waals surface area contributed by atoms with Gasteiger partial charge in [0.2, 0.25) is 0 Å². The molecule has 1 amide bonds. The predicted octanol–water partition coefficient (Wildman–Crippen LogP) is 7.99. The molecule has 1 fully saturated rings. The molecule has 0 radical (unpaired) electrons. The molecule has 6 rings (SSSR count).